The van der Waals surface area contributed by atoms with Gasteiger partial charge in [0.05, 0.1) is 6.42 Å². The van der Waals surface area contributed by atoms with E-state index in [0.717, 1.165) is 11.3 Å². The quantitative estimate of drug-likeness (QED) is 0.761. The first-order valence-corrected chi connectivity index (χ1v) is 4.13. The molecule has 0 aliphatic heterocycles. The highest BCUT2D eigenvalue weighted by molar-refractivity contribution is 9.11. The van der Waals surface area contributed by atoms with Crippen LogP contribution >= 0.6 is 27.3 Å². The summed E-state index contributed by atoms with van der Waals surface area (Å²) < 4.78 is 35.4. The van der Waals surface area contributed by atoms with Gasteiger partial charge in [0.1, 0.15) is 5.01 Å². The second-order valence-electron chi connectivity index (χ2n) is 1.74. The lowest BCUT2D eigenvalue weighted by Crippen LogP contribution is -2.11. The predicted molar refractivity (Wildman–Crippen MR) is 37.4 cm³/mol. The van der Waals surface area contributed by atoms with E-state index in [1.807, 2.05) is 0 Å². The maximum absolute atomic E-state index is 11.7. The maximum Gasteiger partial charge on any atom is 0.395 e. The van der Waals surface area contributed by atoms with Crippen LogP contribution in [-0.2, 0) is 6.42 Å². The first-order valence-electron chi connectivity index (χ1n) is 2.52. The molecule has 0 fully saturated rings. The minimum atomic E-state index is -4.20. The highest BCUT2D eigenvalue weighted by atomic mass is 79.9. The van der Waals surface area contributed by atoms with Gasteiger partial charge in [0.2, 0.25) is 0 Å². The zero-order valence-corrected chi connectivity index (χ0v) is 7.42. The summed E-state index contributed by atoms with van der Waals surface area (Å²) in [6.45, 7) is 0. The fourth-order valence-electron chi connectivity index (χ4n) is 0.476. The van der Waals surface area contributed by atoms with Gasteiger partial charge >= 0.3 is 6.18 Å². The molecule has 0 unspecified atom stereocenters. The van der Waals surface area contributed by atoms with Crippen LogP contribution in [0.5, 0.6) is 0 Å². The second-order valence-corrected chi connectivity index (χ2v) is 4.08. The third-order valence-corrected chi connectivity index (χ3v) is 2.15. The van der Waals surface area contributed by atoms with Crippen molar-refractivity contribution in [1.29, 1.82) is 0 Å². The third-order valence-electron chi connectivity index (χ3n) is 0.794. The number of alkyl halides is 3. The van der Waals surface area contributed by atoms with Gasteiger partial charge in [0.25, 0.3) is 0 Å². The van der Waals surface area contributed by atoms with Crippen LogP contribution < -0.4 is 0 Å². The monoisotopic (exact) mass is 246 g/mol. The fourth-order valence-corrected chi connectivity index (χ4v) is 1.71. The van der Waals surface area contributed by atoms with Crippen molar-refractivity contribution in [3.8, 4) is 0 Å². The Morgan fingerprint density at radius 3 is 2.36 bits per heavy atom. The van der Waals surface area contributed by atoms with Gasteiger partial charge in [-0.15, -0.1) is 10.2 Å². The smallest absolute Gasteiger partial charge is 0.171 e. The highest BCUT2D eigenvalue weighted by Crippen LogP contribution is 2.24. The Morgan fingerprint density at radius 2 is 2.00 bits per heavy atom. The van der Waals surface area contributed by atoms with E-state index in [9.17, 15) is 13.2 Å². The summed E-state index contributed by atoms with van der Waals surface area (Å²) >= 11 is 3.81. The van der Waals surface area contributed by atoms with Gasteiger partial charge in [-0.25, -0.2) is 0 Å². The Morgan fingerprint density at radius 1 is 1.36 bits per heavy atom. The van der Waals surface area contributed by atoms with Crippen molar-refractivity contribution < 1.29 is 13.2 Å². The van der Waals surface area contributed by atoms with E-state index >= 15 is 0 Å². The summed E-state index contributed by atoms with van der Waals surface area (Å²) in [6.07, 6.45) is -5.20. The molecule has 0 radical (unpaired) electrons. The van der Waals surface area contributed by atoms with Crippen molar-refractivity contribution >= 4 is 27.3 Å². The Balaban J connectivity index is 2.65. The first-order chi connectivity index (χ1) is 4.97. The van der Waals surface area contributed by atoms with Crippen LogP contribution in [0.15, 0.2) is 3.92 Å². The molecular formula is C4H2BrF3N2S. The number of rotatable bonds is 1. The lowest BCUT2D eigenvalue weighted by atomic mass is 10.4. The van der Waals surface area contributed by atoms with E-state index in [1.165, 1.54) is 0 Å². The third kappa shape index (κ3) is 3.15. The Labute approximate surface area is 72.6 Å². The number of hydrogen-bond acceptors (Lipinski definition) is 3. The molecule has 0 atom stereocenters. The highest BCUT2D eigenvalue weighted by Gasteiger charge is 2.29. The topological polar surface area (TPSA) is 25.8 Å². The fraction of sp³-hybridized carbons (Fsp3) is 0.500. The van der Waals surface area contributed by atoms with E-state index < -0.39 is 12.6 Å². The molecule has 0 aliphatic rings. The zero-order valence-electron chi connectivity index (χ0n) is 5.02. The van der Waals surface area contributed by atoms with Gasteiger partial charge in [-0.3, -0.25) is 0 Å². The molecule has 0 aliphatic carbocycles. The van der Waals surface area contributed by atoms with Gasteiger partial charge in [0.15, 0.2) is 3.92 Å². The van der Waals surface area contributed by atoms with Crippen molar-refractivity contribution in [3.63, 3.8) is 0 Å². The van der Waals surface area contributed by atoms with Crippen LogP contribution in [0.25, 0.3) is 0 Å². The molecule has 0 N–H and O–H groups in total. The number of nitrogens with zero attached hydrogens (tertiary/aromatic N) is 2. The summed E-state index contributed by atoms with van der Waals surface area (Å²) in [7, 11) is 0. The summed E-state index contributed by atoms with van der Waals surface area (Å²) in [4.78, 5) is 0. The van der Waals surface area contributed by atoms with Crippen LogP contribution in [0.1, 0.15) is 5.01 Å². The lowest BCUT2D eigenvalue weighted by Gasteiger charge is -2.00. The molecule has 0 amide bonds. The lowest BCUT2D eigenvalue weighted by molar-refractivity contribution is -0.127. The molecule has 1 heterocycles. The van der Waals surface area contributed by atoms with E-state index in [1.54, 1.807) is 0 Å². The molecule has 0 saturated heterocycles. The van der Waals surface area contributed by atoms with E-state index in [4.69, 9.17) is 0 Å². The Kier molecular flexibility index (Phi) is 2.48. The molecule has 1 aromatic heterocycles. The van der Waals surface area contributed by atoms with Crippen molar-refractivity contribution in [3.05, 3.63) is 8.92 Å². The summed E-state index contributed by atoms with van der Waals surface area (Å²) in [6, 6.07) is 0. The van der Waals surface area contributed by atoms with Crippen molar-refractivity contribution in [2.24, 2.45) is 0 Å². The van der Waals surface area contributed by atoms with E-state index in [0.29, 0.717) is 3.92 Å². The number of aromatic nitrogens is 2. The Bertz CT molecular complexity index is 246. The van der Waals surface area contributed by atoms with Crippen LogP contribution in [-0.4, -0.2) is 16.4 Å². The molecule has 0 saturated carbocycles. The summed E-state index contributed by atoms with van der Waals surface area (Å²) in [5.41, 5.74) is 0. The van der Waals surface area contributed by atoms with E-state index in [2.05, 4.69) is 26.1 Å². The average Bonchev–Trinajstić information content (AvgIpc) is 2.10. The first kappa shape index (κ1) is 8.92. The zero-order chi connectivity index (χ0) is 8.48. The van der Waals surface area contributed by atoms with Gasteiger partial charge < -0.3 is 0 Å². The Hall–Kier alpha value is -0.170. The van der Waals surface area contributed by atoms with Gasteiger partial charge in [-0.05, 0) is 15.9 Å². The minimum absolute atomic E-state index is 0.0237. The van der Waals surface area contributed by atoms with E-state index in [-0.39, 0.29) is 5.01 Å². The van der Waals surface area contributed by atoms with Crippen molar-refractivity contribution in [2.75, 3.05) is 0 Å². The maximum atomic E-state index is 11.7. The van der Waals surface area contributed by atoms with Gasteiger partial charge in [-0.2, -0.15) is 13.2 Å². The molecule has 1 aromatic rings. The predicted octanol–water partition coefficient (Wildman–Crippen LogP) is 2.41. The van der Waals surface area contributed by atoms with Gasteiger partial charge in [0, 0.05) is 0 Å². The molecule has 2 nitrogen and oxygen atoms in total. The summed E-state index contributed by atoms with van der Waals surface area (Å²) in [5.74, 6) is 0. The molecule has 11 heavy (non-hydrogen) atoms. The van der Waals surface area contributed by atoms with Crippen LogP contribution in [0, 0.1) is 0 Å². The minimum Gasteiger partial charge on any atom is -0.171 e. The molecule has 1 rings (SSSR count). The van der Waals surface area contributed by atoms with Crippen LogP contribution in [0.4, 0.5) is 13.2 Å². The molecule has 0 spiro atoms. The van der Waals surface area contributed by atoms with Crippen molar-refractivity contribution in [1.82, 2.24) is 10.2 Å². The van der Waals surface area contributed by atoms with Crippen LogP contribution in [0.3, 0.4) is 0 Å². The number of halogens is 4. The molecule has 0 bridgehead atoms. The molecule has 7 heteroatoms. The normalized spacial score (nSPS) is 12.0. The molecular weight excluding hydrogens is 245 g/mol. The standard InChI is InChI=1S/C4H2BrF3N2S/c5-3-10-9-2(11-3)1-4(6,7)8/h1H2. The molecule has 62 valence electrons. The van der Waals surface area contributed by atoms with Crippen molar-refractivity contribution in [2.45, 2.75) is 12.6 Å². The molecule has 0 aromatic carbocycles. The summed E-state index contributed by atoms with van der Waals surface area (Å²) in [5, 5.41) is 6.67. The average molecular weight is 247 g/mol. The largest absolute Gasteiger partial charge is 0.395 e. The number of hydrogen-bond donors (Lipinski definition) is 0. The second kappa shape index (κ2) is 3.06. The SMILES string of the molecule is FC(F)(F)Cc1nnc(Br)s1. The van der Waals surface area contributed by atoms with Crippen LogP contribution in [0.2, 0.25) is 0 Å². The van der Waals surface area contributed by atoms with Gasteiger partial charge in [-0.1, -0.05) is 11.3 Å².